The Morgan fingerprint density at radius 1 is 1.17 bits per heavy atom. The fraction of sp³-hybridized carbons (Fsp3) is 0.909. The molecule has 0 aliphatic heterocycles. The topological polar surface area (TPSA) is 66.0 Å². The minimum atomic E-state index is -1.38. The van der Waals surface area contributed by atoms with Crippen LogP contribution in [0.5, 0.6) is 0 Å². The number of carbonyl (C=O) groups excluding carboxylic acids is 1. The average Bonchev–Trinajstić information content (AvgIpc) is 2.40. The lowest BCUT2D eigenvalue weighted by Gasteiger charge is -2.11. The first-order valence-corrected chi connectivity index (χ1v) is 7.28. The molecule has 0 aliphatic carbocycles. The molecule has 0 bridgehead atoms. The highest BCUT2D eigenvalue weighted by Gasteiger charge is 2.09. The standard InChI is InChI=1S/C11H24NO5P/c1-4-11(13)12-9-7-5-6-8-10-16-18(15-3)17-14-2/h4-10H2,1-3H3,(H,12,13). The molecule has 1 N–H and O–H groups in total. The Bertz CT molecular complexity index is 206. The third kappa shape index (κ3) is 10.9. The Hall–Kier alpha value is -0.260. The molecule has 0 heterocycles. The normalized spacial score (nSPS) is 12.4. The molecule has 0 fully saturated rings. The minimum absolute atomic E-state index is 0.112. The smallest absolute Gasteiger partial charge is 0.356 e. The van der Waals surface area contributed by atoms with Crippen LogP contribution >= 0.6 is 8.60 Å². The van der Waals surface area contributed by atoms with Gasteiger partial charge in [-0.1, -0.05) is 19.8 Å². The van der Waals surface area contributed by atoms with Crippen LogP contribution in [0.4, 0.5) is 0 Å². The molecule has 1 atom stereocenters. The van der Waals surface area contributed by atoms with Crippen molar-refractivity contribution in [3.63, 3.8) is 0 Å². The molecule has 0 rings (SSSR count). The summed E-state index contributed by atoms with van der Waals surface area (Å²) >= 11 is 0. The molecule has 18 heavy (non-hydrogen) atoms. The third-order valence-electron chi connectivity index (χ3n) is 2.20. The van der Waals surface area contributed by atoms with Gasteiger partial charge >= 0.3 is 8.60 Å². The first kappa shape index (κ1) is 17.7. The molecule has 0 saturated heterocycles. The van der Waals surface area contributed by atoms with E-state index in [4.69, 9.17) is 13.7 Å². The van der Waals surface area contributed by atoms with Crippen LogP contribution in [-0.4, -0.2) is 33.3 Å². The van der Waals surface area contributed by atoms with Crippen LogP contribution in [0.3, 0.4) is 0 Å². The summed E-state index contributed by atoms with van der Waals surface area (Å²) in [5.41, 5.74) is 0. The Balaban J connectivity index is 3.22. The van der Waals surface area contributed by atoms with Gasteiger partial charge in [-0.2, -0.15) is 4.67 Å². The van der Waals surface area contributed by atoms with Crippen molar-refractivity contribution >= 4 is 14.5 Å². The maximum Gasteiger partial charge on any atom is 0.362 e. The van der Waals surface area contributed by atoms with E-state index in [1.165, 1.54) is 14.2 Å². The van der Waals surface area contributed by atoms with Gasteiger partial charge in [0.1, 0.15) is 0 Å². The number of carbonyl (C=O) groups is 1. The van der Waals surface area contributed by atoms with E-state index in [1.54, 1.807) is 0 Å². The predicted octanol–water partition coefficient (Wildman–Crippen LogP) is 2.54. The molecule has 0 aromatic carbocycles. The largest absolute Gasteiger partial charge is 0.362 e. The summed E-state index contributed by atoms with van der Waals surface area (Å²) in [7, 11) is 1.56. The van der Waals surface area contributed by atoms with Crippen molar-refractivity contribution in [2.24, 2.45) is 0 Å². The SMILES string of the molecule is CCC(=O)NCCCCCCOP(OC)OOC. The van der Waals surface area contributed by atoms with Gasteiger partial charge in [-0.25, -0.2) is 4.89 Å². The Morgan fingerprint density at radius 2 is 1.89 bits per heavy atom. The van der Waals surface area contributed by atoms with Crippen LogP contribution in [0.2, 0.25) is 0 Å². The van der Waals surface area contributed by atoms with Gasteiger partial charge in [-0.05, 0) is 12.8 Å². The fourth-order valence-corrected chi connectivity index (χ4v) is 1.85. The lowest BCUT2D eigenvalue weighted by atomic mass is 10.2. The van der Waals surface area contributed by atoms with Crippen molar-refractivity contribution in [2.45, 2.75) is 39.0 Å². The number of rotatable bonds is 12. The summed E-state index contributed by atoms with van der Waals surface area (Å²) in [5, 5.41) is 2.84. The van der Waals surface area contributed by atoms with Gasteiger partial charge in [-0.15, -0.1) is 0 Å². The van der Waals surface area contributed by atoms with Crippen molar-refractivity contribution in [1.82, 2.24) is 5.32 Å². The summed E-state index contributed by atoms with van der Waals surface area (Å²) in [6.45, 7) is 3.19. The Morgan fingerprint density at radius 3 is 2.50 bits per heavy atom. The number of nitrogens with one attached hydrogen (secondary N) is 1. The second-order valence-electron chi connectivity index (χ2n) is 3.60. The molecule has 0 saturated carbocycles. The maximum atomic E-state index is 10.9. The summed E-state index contributed by atoms with van der Waals surface area (Å²) in [4.78, 5) is 15.4. The fourth-order valence-electron chi connectivity index (χ4n) is 1.24. The van der Waals surface area contributed by atoms with E-state index in [1.807, 2.05) is 6.92 Å². The first-order valence-electron chi connectivity index (χ1n) is 6.19. The summed E-state index contributed by atoms with van der Waals surface area (Å²) < 4.78 is 15.0. The monoisotopic (exact) mass is 281 g/mol. The van der Waals surface area contributed by atoms with Crippen LogP contribution in [0.15, 0.2) is 0 Å². The first-order chi connectivity index (χ1) is 8.74. The van der Waals surface area contributed by atoms with Crippen LogP contribution in [0.25, 0.3) is 0 Å². The van der Waals surface area contributed by atoms with Gasteiger partial charge < -0.3 is 14.4 Å². The molecule has 7 heteroatoms. The highest BCUT2D eigenvalue weighted by Crippen LogP contribution is 2.38. The van der Waals surface area contributed by atoms with Gasteiger partial charge in [-0.3, -0.25) is 4.79 Å². The van der Waals surface area contributed by atoms with E-state index in [2.05, 4.69) is 10.2 Å². The third-order valence-corrected chi connectivity index (χ3v) is 3.16. The van der Waals surface area contributed by atoms with E-state index in [0.29, 0.717) is 13.0 Å². The second-order valence-corrected chi connectivity index (χ2v) is 4.82. The Kier molecular flexibility index (Phi) is 13.0. The predicted molar refractivity (Wildman–Crippen MR) is 69.7 cm³/mol. The quantitative estimate of drug-likeness (QED) is 0.258. The van der Waals surface area contributed by atoms with E-state index in [-0.39, 0.29) is 5.91 Å². The summed E-state index contributed by atoms with van der Waals surface area (Å²) in [6, 6.07) is 0. The number of unbranched alkanes of at least 4 members (excludes halogenated alkanes) is 3. The average molecular weight is 281 g/mol. The molecule has 0 aliphatic rings. The maximum absolute atomic E-state index is 10.9. The number of hydrogen-bond acceptors (Lipinski definition) is 5. The van der Waals surface area contributed by atoms with E-state index in [9.17, 15) is 4.79 Å². The molecule has 1 unspecified atom stereocenters. The van der Waals surface area contributed by atoms with E-state index >= 15 is 0 Å². The molecule has 108 valence electrons. The molecule has 0 aromatic rings. The molecule has 0 aromatic heterocycles. The van der Waals surface area contributed by atoms with Gasteiger partial charge in [0, 0.05) is 20.1 Å². The van der Waals surface area contributed by atoms with Gasteiger partial charge in [0.25, 0.3) is 0 Å². The van der Waals surface area contributed by atoms with Crippen molar-refractivity contribution in [3.05, 3.63) is 0 Å². The molecular formula is C11H24NO5P. The van der Waals surface area contributed by atoms with Crippen molar-refractivity contribution < 1.29 is 23.4 Å². The number of hydrogen-bond donors (Lipinski definition) is 1. The lowest BCUT2D eigenvalue weighted by Crippen LogP contribution is -2.23. The molecule has 1 amide bonds. The van der Waals surface area contributed by atoms with Crippen LogP contribution in [-0.2, 0) is 23.4 Å². The number of amides is 1. The van der Waals surface area contributed by atoms with Gasteiger partial charge in [0.2, 0.25) is 5.91 Å². The molecule has 0 radical (unpaired) electrons. The van der Waals surface area contributed by atoms with Gasteiger partial charge in [0.05, 0.1) is 13.7 Å². The van der Waals surface area contributed by atoms with Crippen molar-refractivity contribution in [3.8, 4) is 0 Å². The molecular weight excluding hydrogens is 257 g/mol. The summed E-state index contributed by atoms with van der Waals surface area (Å²) in [5.74, 6) is 0.112. The van der Waals surface area contributed by atoms with Crippen LogP contribution in [0.1, 0.15) is 39.0 Å². The van der Waals surface area contributed by atoms with Crippen LogP contribution < -0.4 is 5.32 Å². The zero-order valence-corrected chi connectivity index (χ0v) is 12.3. The zero-order valence-electron chi connectivity index (χ0n) is 11.4. The molecule has 0 spiro atoms. The lowest BCUT2D eigenvalue weighted by molar-refractivity contribution is -0.189. The Labute approximate surface area is 110 Å². The van der Waals surface area contributed by atoms with Crippen molar-refractivity contribution in [2.75, 3.05) is 27.4 Å². The van der Waals surface area contributed by atoms with Crippen LogP contribution in [0, 0.1) is 0 Å². The van der Waals surface area contributed by atoms with E-state index in [0.717, 1.165) is 32.2 Å². The zero-order chi connectivity index (χ0) is 13.6. The second kappa shape index (κ2) is 13.2. The summed E-state index contributed by atoms with van der Waals surface area (Å²) in [6.07, 6.45) is 4.62. The highest BCUT2D eigenvalue weighted by molar-refractivity contribution is 7.41. The van der Waals surface area contributed by atoms with E-state index < -0.39 is 8.60 Å². The highest BCUT2D eigenvalue weighted by atomic mass is 31.2. The minimum Gasteiger partial charge on any atom is -0.356 e. The van der Waals surface area contributed by atoms with Gasteiger partial charge in [0.15, 0.2) is 0 Å². The molecule has 6 nitrogen and oxygen atoms in total. The van der Waals surface area contributed by atoms with Crippen molar-refractivity contribution in [1.29, 1.82) is 0 Å².